The highest BCUT2D eigenvalue weighted by Crippen LogP contribution is 2.13. The number of hydrogen-bond acceptors (Lipinski definition) is 6. The Morgan fingerprint density at radius 3 is 2.37 bits per heavy atom. The van der Waals surface area contributed by atoms with Gasteiger partial charge in [-0.1, -0.05) is 0 Å². The van der Waals surface area contributed by atoms with Crippen molar-refractivity contribution < 1.29 is 14.4 Å². The van der Waals surface area contributed by atoms with E-state index in [1.165, 1.54) is 19.4 Å². The molecule has 0 unspecified atom stereocenters. The molecule has 100 valence electrons. The lowest BCUT2D eigenvalue weighted by Crippen LogP contribution is -2.31. The molecule has 8 nitrogen and oxygen atoms in total. The predicted octanol–water partition coefficient (Wildman–Crippen LogP) is -0.171. The minimum absolute atomic E-state index is 0.0623. The van der Waals surface area contributed by atoms with Gasteiger partial charge < -0.3 is 5.32 Å². The van der Waals surface area contributed by atoms with Gasteiger partial charge >= 0.3 is 17.8 Å². The normalized spacial score (nSPS) is 15.4. The molecule has 0 bridgehead atoms. The summed E-state index contributed by atoms with van der Waals surface area (Å²) in [6, 6.07) is -0.646. The van der Waals surface area contributed by atoms with E-state index in [1.54, 1.807) is 0 Å². The van der Waals surface area contributed by atoms with E-state index in [1.807, 2.05) is 6.92 Å². The van der Waals surface area contributed by atoms with Gasteiger partial charge in [0.25, 0.3) is 0 Å². The van der Waals surface area contributed by atoms with Gasteiger partial charge in [-0.15, -0.1) is 0 Å². The molecule has 0 atom stereocenters. The summed E-state index contributed by atoms with van der Waals surface area (Å²) in [6.07, 6.45) is 2.97. The highest BCUT2D eigenvalue weighted by atomic mass is 16.2. The van der Waals surface area contributed by atoms with E-state index < -0.39 is 17.8 Å². The lowest BCUT2D eigenvalue weighted by molar-refractivity contribution is -0.143. The molecule has 8 heteroatoms. The molecule has 1 aliphatic heterocycles. The van der Waals surface area contributed by atoms with E-state index in [9.17, 15) is 14.4 Å². The van der Waals surface area contributed by atoms with Crippen molar-refractivity contribution in [2.75, 3.05) is 18.9 Å². The number of carbonyl (C=O) groups is 3. The third-order valence-corrected chi connectivity index (χ3v) is 2.63. The molecular weight excluding hydrogens is 250 g/mol. The third kappa shape index (κ3) is 2.37. The number of carbonyl (C=O) groups excluding carboxylic acids is 3. The van der Waals surface area contributed by atoms with E-state index in [0.29, 0.717) is 11.5 Å². The fourth-order valence-corrected chi connectivity index (χ4v) is 1.62. The molecule has 0 saturated carbocycles. The van der Waals surface area contributed by atoms with Crippen LogP contribution in [-0.2, 0) is 16.1 Å². The summed E-state index contributed by atoms with van der Waals surface area (Å²) in [5, 5.41) is 2.98. The summed E-state index contributed by atoms with van der Waals surface area (Å²) >= 11 is 0. The van der Waals surface area contributed by atoms with Gasteiger partial charge in [0, 0.05) is 13.6 Å². The Hall–Kier alpha value is -2.51. The number of urea groups is 1. The van der Waals surface area contributed by atoms with Crippen molar-refractivity contribution in [3.8, 4) is 0 Å². The van der Waals surface area contributed by atoms with Crippen LogP contribution in [0.15, 0.2) is 12.4 Å². The second kappa shape index (κ2) is 5.01. The highest BCUT2D eigenvalue weighted by Gasteiger charge is 2.42. The fourth-order valence-electron chi connectivity index (χ4n) is 1.62. The van der Waals surface area contributed by atoms with Crippen molar-refractivity contribution in [1.82, 2.24) is 19.8 Å². The van der Waals surface area contributed by atoms with Crippen LogP contribution < -0.4 is 5.32 Å². The molecule has 0 aliphatic carbocycles. The monoisotopic (exact) mass is 263 g/mol. The minimum atomic E-state index is -0.843. The Labute approximate surface area is 109 Å². The molecular formula is C11H13N5O3. The minimum Gasteiger partial charge on any atom is -0.369 e. The Morgan fingerprint density at radius 2 is 1.89 bits per heavy atom. The van der Waals surface area contributed by atoms with Crippen molar-refractivity contribution >= 4 is 23.7 Å². The molecule has 1 fully saturated rings. The molecule has 1 aromatic rings. The number of amides is 4. The van der Waals surface area contributed by atoms with Crippen LogP contribution in [0, 0.1) is 0 Å². The van der Waals surface area contributed by atoms with E-state index >= 15 is 0 Å². The number of hydrogen-bond donors (Lipinski definition) is 1. The lowest BCUT2D eigenvalue weighted by atomic mass is 10.4. The summed E-state index contributed by atoms with van der Waals surface area (Å²) in [4.78, 5) is 44.3. The number of imide groups is 2. The zero-order valence-corrected chi connectivity index (χ0v) is 10.6. The average Bonchev–Trinajstić information content (AvgIpc) is 2.59. The Bertz CT molecular complexity index is 528. The van der Waals surface area contributed by atoms with Gasteiger partial charge in [0.2, 0.25) is 0 Å². The molecule has 2 rings (SSSR count). The number of aromatic nitrogens is 2. The predicted molar refractivity (Wildman–Crippen MR) is 64.9 cm³/mol. The molecule has 1 N–H and O–H groups in total. The molecule has 0 spiro atoms. The van der Waals surface area contributed by atoms with Crippen LogP contribution in [0.4, 0.5) is 10.6 Å². The van der Waals surface area contributed by atoms with Crippen molar-refractivity contribution in [2.24, 2.45) is 0 Å². The zero-order valence-electron chi connectivity index (χ0n) is 10.6. The highest BCUT2D eigenvalue weighted by molar-refractivity contribution is 6.44. The van der Waals surface area contributed by atoms with E-state index in [2.05, 4.69) is 15.3 Å². The summed E-state index contributed by atoms with van der Waals surface area (Å²) in [5.74, 6) is -1.06. The Kier molecular flexibility index (Phi) is 3.41. The summed E-state index contributed by atoms with van der Waals surface area (Å²) in [5.41, 5.74) is 0.437. The second-order valence-corrected chi connectivity index (χ2v) is 3.96. The molecule has 0 radical (unpaired) electrons. The van der Waals surface area contributed by atoms with Crippen LogP contribution in [0.25, 0.3) is 0 Å². The van der Waals surface area contributed by atoms with Crippen LogP contribution in [-0.4, -0.2) is 51.2 Å². The second-order valence-electron chi connectivity index (χ2n) is 3.96. The average molecular weight is 263 g/mol. The number of rotatable bonds is 4. The van der Waals surface area contributed by atoms with E-state index in [-0.39, 0.29) is 6.54 Å². The van der Waals surface area contributed by atoms with Crippen LogP contribution in [0.5, 0.6) is 0 Å². The van der Waals surface area contributed by atoms with Gasteiger partial charge in [-0.25, -0.2) is 14.7 Å². The number of anilines is 1. The Morgan fingerprint density at radius 1 is 1.16 bits per heavy atom. The fraction of sp³-hybridized carbons (Fsp3) is 0.364. The molecule has 1 aliphatic rings. The first-order valence-corrected chi connectivity index (χ1v) is 5.73. The first-order chi connectivity index (χ1) is 9.04. The smallest absolute Gasteiger partial charge is 0.334 e. The number of likely N-dealkylation sites (N-methyl/N-ethyl adjacent to an activating group) is 1. The topological polar surface area (TPSA) is 95.5 Å². The first-order valence-electron chi connectivity index (χ1n) is 5.73. The number of nitrogens with one attached hydrogen (secondary N) is 1. The van der Waals surface area contributed by atoms with Gasteiger partial charge in [0.1, 0.15) is 5.82 Å². The molecule has 0 aromatic carbocycles. The third-order valence-electron chi connectivity index (χ3n) is 2.63. The lowest BCUT2D eigenvalue weighted by Gasteiger charge is -2.12. The van der Waals surface area contributed by atoms with E-state index in [4.69, 9.17) is 0 Å². The molecule has 1 saturated heterocycles. The molecule has 19 heavy (non-hydrogen) atoms. The van der Waals surface area contributed by atoms with Crippen molar-refractivity contribution in [3.63, 3.8) is 0 Å². The molecule has 4 amide bonds. The van der Waals surface area contributed by atoms with Crippen LogP contribution in [0.1, 0.15) is 12.6 Å². The SMILES string of the molecule is CCNc1cnc(CN2C(=O)C(=O)N(C)C2=O)cn1. The maximum Gasteiger partial charge on any atom is 0.334 e. The van der Waals surface area contributed by atoms with Crippen LogP contribution in [0.2, 0.25) is 0 Å². The summed E-state index contributed by atoms with van der Waals surface area (Å²) < 4.78 is 0. The van der Waals surface area contributed by atoms with E-state index in [0.717, 1.165) is 16.3 Å². The summed E-state index contributed by atoms with van der Waals surface area (Å²) in [7, 11) is 1.27. The molecule has 2 heterocycles. The van der Waals surface area contributed by atoms with Crippen molar-refractivity contribution in [1.29, 1.82) is 0 Å². The quantitative estimate of drug-likeness (QED) is 0.598. The number of nitrogens with zero attached hydrogens (tertiary/aromatic N) is 4. The molecule has 1 aromatic heterocycles. The first kappa shape index (κ1) is 12.9. The maximum atomic E-state index is 11.6. The van der Waals surface area contributed by atoms with Crippen LogP contribution in [0.3, 0.4) is 0 Å². The Balaban J connectivity index is 2.11. The van der Waals surface area contributed by atoms with Crippen LogP contribution >= 0.6 is 0 Å². The maximum absolute atomic E-state index is 11.6. The standard InChI is InChI=1S/C11H13N5O3/c1-3-12-8-5-13-7(4-14-8)6-16-10(18)9(17)15(2)11(16)19/h4-5H,3,6H2,1-2H3,(H,12,14). The summed E-state index contributed by atoms with van der Waals surface area (Å²) in [6.45, 7) is 2.59. The van der Waals surface area contributed by atoms with Gasteiger partial charge in [0.05, 0.1) is 24.6 Å². The zero-order chi connectivity index (χ0) is 14.0. The van der Waals surface area contributed by atoms with Gasteiger partial charge in [0.15, 0.2) is 0 Å². The van der Waals surface area contributed by atoms with Gasteiger partial charge in [-0.2, -0.15) is 0 Å². The van der Waals surface area contributed by atoms with Crippen molar-refractivity contribution in [3.05, 3.63) is 18.1 Å². The largest absolute Gasteiger partial charge is 0.369 e. The van der Waals surface area contributed by atoms with Crippen molar-refractivity contribution in [2.45, 2.75) is 13.5 Å². The van der Waals surface area contributed by atoms with Gasteiger partial charge in [-0.3, -0.25) is 19.5 Å². The van der Waals surface area contributed by atoms with Gasteiger partial charge in [-0.05, 0) is 6.92 Å².